The largest absolute Gasteiger partial charge is 0.366 e. The number of alkyl halides is 1. The lowest BCUT2D eigenvalue weighted by atomic mass is 10.1. The van der Waals surface area contributed by atoms with E-state index in [-0.39, 0.29) is 18.0 Å². The summed E-state index contributed by atoms with van der Waals surface area (Å²) < 4.78 is 30.8. The van der Waals surface area contributed by atoms with Gasteiger partial charge in [0.25, 0.3) is 0 Å². The maximum atomic E-state index is 14.2. The molecule has 1 aliphatic carbocycles. The number of carbonyl (C=O) groups is 1. The number of hydrogen-bond donors (Lipinski definition) is 0. The molecule has 0 N–H and O–H groups in total. The Labute approximate surface area is 171 Å². The SMILES string of the molecule is Cn1cc(-c2cc3c(N4CC5CCC(C4)N5C(=O)[C@@H]4C[C@H]4F)ccnn3c2)c(F)n1. The van der Waals surface area contributed by atoms with E-state index in [2.05, 4.69) is 15.1 Å². The van der Waals surface area contributed by atoms with E-state index in [1.54, 1.807) is 24.0 Å². The Hall–Kier alpha value is -2.97. The molecule has 9 heteroatoms. The van der Waals surface area contributed by atoms with Gasteiger partial charge in [-0.1, -0.05) is 0 Å². The van der Waals surface area contributed by atoms with Gasteiger partial charge in [-0.25, -0.2) is 8.91 Å². The summed E-state index contributed by atoms with van der Waals surface area (Å²) in [5.41, 5.74) is 3.06. The lowest BCUT2D eigenvalue weighted by Crippen LogP contribution is -2.56. The number of nitrogens with zero attached hydrogens (tertiary/aromatic N) is 6. The van der Waals surface area contributed by atoms with Crippen LogP contribution in [0.1, 0.15) is 19.3 Å². The Bertz CT molecular complexity index is 1140. The van der Waals surface area contributed by atoms with Crippen LogP contribution in [-0.4, -0.2) is 61.5 Å². The summed E-state index contributed by atoms with van der Waals surface area (Å²) in [4.78, 5) is 16.9. The Balaban J connectivity index is 1.32. The molecule has 0 aromatic carbocycles. The van der Waals surface area contributed by atoms with Crippen LogP contribution in [-0.2, 0) is 11.8 Å². The molecule has 2 bridgehead atoms. The first kappa shape index (κ1) is 17.9. The number of fused-ring (bicyclic) bond motifs is 3. The molecule has 2 aliphatic heterocycles. The maximum absolute atomic E-state index is 14.2. The minimum atomic E-state index is -0.957. The summed E-state index contributed by atoms with van der Waals surface area (Å²) >= 11 is 0. The molecule has 156 valence electrons. The van der Waals surface area contributed by atoms with Crippen LogP contribution in [0, 0.1) is 11.9 Å². The molecule has 3 fully saturated rings. The lowest BCUT2D eigenvalue weighted by molar-refractivity contribution is -0.136. The average Bonchev–Trinajstić information content (AvgIpc) is 3.03. The highest BCUT2D eigenvalue weighted by Gasteiger charge is 2.51. The summed E-state index contributed by atoms with van der Waals surface area (Å²) in [7, 11) is 1.69. The average molecular weight is 412 g/mol. The summed E-state index contributed by atoms with van der Waals surface area (Å²) in [6, 6.07) is 4.12. The first-order chi connectivity index (χ1) is 14.5. The van der Waals surface area contributed by atoms with Crippen LogP contribution < -0.4 is 4.90 Å². The molecule has 1 saturated carbocycles. The predicted octanol–water partition coefficient (Wildman–Crippen LogP) is 2.41. The van der Waals surface area contributed by atoms with Crippen molar-refractivity contribution in [1.82, 2.24) is 24.3 Å². The highest BCUT2D eigenvalue weighted by atomic mass is 19.1. The zero-order chi connectivity index (χ0) is 20.6. The fourth-order valence-electron chi connectivity index (χ4n) is 5.14. The second kappa shape index (κ2) is 6.26. The van der Waals surface area contributed by atoms with Crippen LogP contribution in [0.5, 0.6) is 0 Å². The molecule has 1 amide bonds. The van der Waals surface area contributed by atoms with Gasteiger partial charge in [-0.05, 0) is 31.4 Å². The summed E-state index contributed by atoms with van der Waals surface area (Å²) in [6.45, 7) is 1.43. The van der Waals surface area contributed by atoms with Gasteiger partial charge in [-0.3, -0.25) is 9.48 Å². The minimum absolute atomic E-state index is 0.00782. The Morgan fingerprint density at radius 2 is 1.93 bits per heavy atom. The number of aromatic nitrogens is 4. The third-order valence-electron chi connectivity index (χ3n) is 6.69. The molecular weight excluding hydrogens is 390 g/mol. The van der Waals surface area contributed by atoms with Crippen molar-refractivity contribution in [3.8, 4) is 11.1 Å². The monoisotopic (exact) mass is 412 g/mol. The zero-order valence-corrected chi connectivity index (χ0v) is 16.6. The molecule has 0 spiro atoms. The van der Waals surface area contributed by atoms with Crippen molar-refractivity contribution in [1.29, 1.82) is 0 Å². The smallest absolute Gasteiger partial charge is 0.240 e. The van der Waals surface area contributed by atoms with Crippen molar-refractivity contribution >= 4 is 17.1 Å². The summed E-state index contributed by atoms with van der Waals surface area (Å²) in [5, 5.41) is 8.18. The number of amides is 1. The Morgan fingerprint density at radius 1 is 1.20 bits per heavy atom. The van der Waals surface area contributed by atoms with E-state index in [0.717, 1.165) is 29.6 Å². The van der Waals surface area contributed by atoms with E-state index in [9.17, 15) is 13.6 Å². The molecule has 3 aromatic rings. The quantitative estimate of drug-likeness (QED) is 0.663. The van der Waals surface area contributed by atoms with Gasteiger partial charge < -0.3 is 9.80 Å². The van der Waals surface area contributed by atoms with E-state index < -0.39 is 18.0 Å². The molecule has 3 aromatic heterocycles. The van der Waals surface area contributed by atoms with Gasteiger partial charge in [0.15, 0.2) is 0 Å². The number of halogens is 2. The van der Waals surface area contributed by atoms with Crippen molar-refractivity contribution in [3.63, 3.8) is 0 Å². The van der Waals surface area contributed by atoms with E-state index in [1.807, 2.05) is 23.2 Å². The first-order valence-electron chi connectivity index (χ1n) is 10.4. The normalized spacial score (nSPS) is 27.8. The van der Waals surface area contributed by atoms with Crippen molar-refractivity contribution < 1.29 is 13.6 Å². The van der Waals surface area contributed by atoms with E-state index in [0.29, 0.717) is 25.1 Å². The molecule has 5 heterocycles. The fraction of sp³-hybridized carbons (Fsp3) is 0.476. The van der Waals surface area contributed by atoms with Crippen LogP contribution in [0.3, 0.4) is 0 Å². The topological polar surface area (TPSA) is 58.7 Å². The molecule has 7 nitrogen and oxygen atoms in total. The van der Waals surface area contributed by atoms with Gasteiger partial charge in [0.1, 0.15) is 6.17 Å². The van der Waals surface area contributed by atoms with E-state index >= 15 is 0 Å². The van der Waals surface area contributed by atoms with Gasteiger partial charge in [-0.2, -0.15) is 9.49 Å². The second-order valence-corrected chi connectivity index (χ2v) is 8.68. The maximum Gasteiger partial charge on any atom is 0.240 e. The van der Waals surface area contributed by atoms with Crippen molar-refractivity contribution in [2.75, 3.05) is 18.0 Å². The predicted molar refractivity (Wildman–Crippen MR) is 106 cm³/mol. The molecule has 2 saturated heterocycles. The van der Waals surface area contributed by atoms with E-state index in [1.165, 1.54) is 4.68 Å². The van der Waals surface area contributed by atoms with Crippen LogP contribution in [0.2, 0.25) is 0 Å². The van der Waals surface area contributed by atoms with Crippen LogP contribution in [0.4, 0.5) is 14.5 Å². The number of rotatable bonds is 3. The molecule has 6 rings (SSSR count). The van der Waals surface area contributed by atoms with Crippen molar-refractivity contribution in [2.24, 2.45) is 13.0 Å². The number of aryl methyl sites for hydroxylation is 1. The highest BCUT2D eigenvalue weighted by molar-refractivity contribution is 5.84. The Kier molecular flexibility index (Phi) is 3.73. The summed E-state index contributed by atoms with van der Waals surface area (Å²) in [5.74, 6) is -0.937. The molecule has 4 atom stereocenters. The fourth-order valence-corrected chi connectivity index (χ4v) is 5.14. The zero-order valence-electron chi connectivity index (χ0n) is 16.6. The van der Waals surface area contributed by atoms with Gasteiger partial charge in [0, 0.05) is 56.4 Å². The number of hydrogen-bond acceptors (Lipinski definition) is 4. The Morgan fingerprint density at radius 3 is 2.57 bits per heavy atom. The van der Waals surface area contributed by atoms with Crippen LogP contribution >= 0.6 is 0 Å². The molecule has 30 heavy (non-hydrogen) atoms. The van der Waals surface area contributed by atoms with Gasteiger partial charge in [0.2, 0.25) is 11.9 Å². The number of anilines is 1. The molecule has 2 unspecified atom stereocenters. The number of piperazine rings is 1. The first-order valence-corrected chi connectivity index (χ1v) is 10.4. The van der Waals surface area contributed by atoms with Crippen LogP contribution in [0.25, 0.3) is 16.6 Å². The van der Waals surface area contributed by atoms with Crippen LogP contribution in [0.15, 0.2) is 30.7 Å². The molecule has 0 radical (unpaired) electrons. The van der Waals surface area contributed by atoms with Crippen molar-refractivity contribution in [3.05, 3.63) is 36.7 Å². The highest BCUT2D eigenvalue weighted by Crippen LogP contribution is 2.41. The van der Waals surface area contributed by atoms with Crippen molar-refractivity contribution in [2.45, 2.75) is 37.5 Å². The minimum Gasteiger partial charge on any atom is -0.366 e. The molecule has 3 aliphatic rings. The standard InChI is InChI=1S/C21H22F2N6O/c1-26-11-16(20(23)25-26)12-6-19-18(4-5-24-28(19)8-12)27-9-13-2-3-14(10-27)29(13)21(30)15-7-17(15)22/h4-6,8,11,13-15,17H,2-3,7,9-10H2,1H3/t13?,14?,15-,17-/m1/s1. The molecular formula is C21H22F2N6O. The summed E-state index contributed by atoms with van der Waals surface area (Å²) in [6.07, 6.45) is 6.52. The van der Waals surface area contributed by atoms with E-state index in [4.69, 9.17) is 0 Å². The third-order valence-corrected chi connectivity index (χ3v) is 6.69. The van der Waals surface area contributed by atoms with Gasteiger partial charge in [0.05, 0.1) is 22.7 Å². The van der Waals surface area contributed by atoms with Gasteiger partial charge in [-0.15, -0.1) is 5.10 Å². The lowest BCUT2D eigenvalue weighted by Gasteiger charge is -2.42. The number of carbonyl (C=O) groups excluding carboxylic acids is 1. The second-order valence-electron chi connectivity index (χ2n) is 8.68. The third kappa shape index (κ3) is 2.64. The van der Waals surface area contributed by atoms with Gasteiger partial charge >= 0.3 is 0 Å².